The number of halogens is 7. The van der Waals surface area contributed by atoms with E-state index in [0.717, 1.165) is 33.0 Å². The molecule has 1 saturated carbocycles. The van der Waals surface area contributed by atoms with Crippen LogP contribution in [0.25, 0.3) is 0 Å². The van der Waals surface area contributed by atoms with E-state index in [1.54, 1.807) is 0 Å². The molecule has 0 heterocycles. The van der Waals surface area contributed by atoms with Crippen LogP contribution in [0, 0.1) is 0 Å². The fourth-order valence-corrected chi connectivity index (χ4v) is 2.05. The maximum absolute atomic E-state index is 12.7. The molecule has 29 heavy (non-hydrogen) atoms. The van der Waals surface area contributed by atoms with Gasteiger partial charge in [-0.25, -0.2) is 0 Å². The van der Waals surface area contributed by atoms with E-state index in [1.165, 1.54) is 12.8 Å². The van der Waals surface area contributed by atoms with Crippen molar-refractivity contribution in [1.82, 2.24) is 0 Å². The van der Waals surface area contributed by atoms with Crippen molar-refractivity contribution >= 4 is 17.5 Å². The first-order valence-electron chi connectivity index (χ1n) is 7.76. The quantitative estimate of drug-likeness (QED) is 0.282. The molecule has 2 atom stereocenters. The van der Waals surface area contributed by atoms with Crippen LogP contribution in [0.2, 0.25) is 0 Å². The molecule has 0 spiro atoms. The molecule has 1 aliphatic rings. The van der Waals surface area contributed by atoms with Gasteiger partial charge in [0.15, 0.2) is 0 Å². The molecule has 0 aromatic carbocycles. The molecule has 1 fully saturated rings. The van der Waals surface area contributed by atoms with Gasteiger partial charge in [-0.1, -0.05) is 12.8 Å². The summed E-state index contributed by atoms with van der Waals surface area (Å²) in [5, 5.41) is 9.84. The number of hydrogen-bond acceptors (Lipinski definition) is 7. The summed E-state index contributed by atoms with van der Waals surface area (Å²) in [6, 6.07) is 0.562. The van der Waals surface area contributed by atoms with Crippen LogP contribution >= 0.6 is 0 Å². The number of ketones is 2. The normalized spacial score (nSPS) is 19.9. The molecule has 0 aromatic rings. The van der Waals surface area contributed by atoms with Gasteiger partial charge in [-0.2, -0.15) is 30.7 Å². The Balaban J connectivity index is 0. The minimum absolute atomic E-state index is 0.281. The summed E-state index contributed by atoms with van der Waals surface area (Å²) in [7, 11) is 0. The van der Waals surface area contributed by atoms with Gasteiger partial charge in [0.05, 0.1) is 6.42 Å². The molecule has 5 N–H and O–H groups in total. The second-order valence-electron chi connectivity index (χ2n) is 5.95. The number of carboxylic acid groups (broad SMARTS) is 1. The number of aliphatic carboxylic acids is 1. The monoisotopic (exact) mass is 623 g/mol. The van der Waals surface area contributed by atoms with Crippen molar-refractivity contribution in [3.63, 3.8) is 0 Å². The van der Waals surface area contributed by atoms with Crippen LogP contribution in [0.4, 0.5) is 30.7 Å². The maximum atomic E-state index is 12.7. The third kappa shape index (κ3) is 9.49. The Labute approximate surface area is 172 Å². The summed E-state index contributed by atoms with van der Waals surface area (Å²) >= 11 is 1.14. The molecule has 0 radical (unpaired) electrons. The average molecular weight is 623 g/mol. The topological polar surface area (TPSA) is 147 Å². The van der Waals surface area contributed by atoms with Crippen LogP contribution in [0.3, 0.4) is 0 Å². The average Bonchev–Trinajstić information content (AvgIpc) is 2.58. The molecule has 0 amide bonds. The number of carboxylic acids is 1. The standard InChI is InChI=1S/C8H5F7O4.C6H14N2.H2O.Pt/c9-6(10,7(11,12)8(13,14)15)4(17)1-3(16)2-5(18)19;7-5-3-1-2-4-6(5)8;;/h1-2H2,(H,18,19);5-6H,1-4,7-8H2;1H2;/q;;;+2/p-2/t;5-,6-;;/m.1../s1. The van der Waals surface area contributed by atoms with Crippen LogP contribution in [0.15, 0.2) is 0 Å². The first kappa shape index (κ1) is 30.1. The predicted molar refractivity (Wildman–Crippen MR) is 76.8 cm³/mol. The number of nitrogens with two attached hydrogens (primary N) is 2. The van der Waals surface area contributed by atoms with E-state index in [1.807, 2.05) is 0 Å². The van der Waals surface area contributed by atoms with Gasteiger partial charge >= 0.3 is 42.0 Å². The Bertz CT molecular complexity index is 551. The molecule has 0 aromatic heterocycles. The summed E-state index contributed by atoms with van der Waals surface area (Å²) in [5.74, 6) is -19.7. The van der Waals surface area contributed by atoms with Gasteiger partial charge in [0.25, 0.3) is 0 Å². The summed E-state index contributed by atoms with van der Waals surface area (Å²) in [5.41, 5.74) is 11.3. The van der Waals surface area contributed by atoms with Gasteiger partial charge in [0.2, 0.25) is 5.78 Å². The number of Topliss-reactive ketones (excluding diaryl/α,β-unsaturated/α-hetero) is 2. The molecule has 0 saturated heterocycles. The first-order valence-corrected chi connectivity index (χ1v) is 8.78. The molecule has 1 aliphatic carbocycles. The fraction of sp³-hybridized carbons (Fsp3) is 0.786. The summed E-state index contributed by atoms with van der Waals surface area (Å²) < 4.78 is 91.9. The Kier molecular flexibility index (Phi) is 13.0. The first-order chi connectivity index (χ1) is 13.0. The van der Waals surface area contributed by atoms with E-state index in [2.05, 4.69) is 0 Å². The van der Waals surface area contributed by atoms with E-state index in [9.17, 15) is 50.2 Å². The van der Waals surface area contributed by atoms with Crippen molar-refractivity contribution in [2.24, 2.45) is 11.5 Å². The van der Waals surface area contributed by atoms with Gasteiger partial charge in [-0.05, 0) is 12.8 Å². The van der Waals surface area contributed by atoms with Crippen molar-refractivity contribution in [2.45, 2.75) is 68.6 Å². The van der Waals surface area contributed by atoms with Crippen molar-refractivity contribution in [2.75, 3.05) is 0 Å². The number of alkyl halides is 7. The van der Waals surface area contributed by atoms with Gasteiger partial charge in [-0.15, -0.1) is 0 Å². The summed E-state index contributed by atoms with van der Waals surface area (Å²) in [6.07, 6.45) is -5.54. The Morgan fingerprint density at radius 3 is 1.55 bits per heavy atom. The zero-order chi connectivity index (χ0) is 23.6. The molecule has 7 nitrogen and oxygen atoms in total. The Morgan fingerprint density at radius 2 is 1.28 bits per heavy atom. The number of carbonyl (C=O) groups excluding carboxylic acids is 3. The second-order valence-corrected chi connectivity index (χ2v) is 5.95. The zero-order valence-corrected chi connectivity index (χ0v) is 16.9. The second kappa shape index (κ2) is 12.6. The van der Waals surface area contributed by atoms with Gasteiger partial charge < -0.3 is 21.4 Å². The minimum atomic E-state index is -6.70. The van der Waals surface area contributed by atoms with Gasteiger partial charge in [0.1, 0.15) is 5.78 Å². The fourth-order valence-electron chi connectivity index (χ4n) is 2.05. The van der Waals surface area contributed by atoms with E-state index in [-0.39, 0.29) is 12.1 Å². The summed E-state index contributed by atoms with van der Waals surface area (Å²) in [6.45, 7) is 0. The van der Waals surface area contributed by atoms with Crippen molar-refractivity contribution < 1.29 is 74.2 Å². The molecule has 1 rings (SSSR count). The molecule has 0 unspecified atom stereocenters. The molecule has 0 bridgehead atoms. The van der Waals surface area contributed by atoms with E-state index >= 15 is 0 Å². The zero-order valence-electron chi connectivity index (χ0n) is 14.6. The van der Waals surface area contributed by atoms with Crippen LogP contribution in [-0.2, 0) is 34.6 Å². The number of rotatable bonds is 6. The van der Waals surface area contributed by atoms with Gasteiger partial charge in [-0.3, -0.25) is 9.59 Å². The van der Waals surface area contributed by atoms with E-state index in [4.69, 9.17) is 15.2 Å². The van der Waals surface area contributed by atoms with Crippen LogP contribution in [0.1, 0.15) is 38.5 Å². The summed E-state index contributed by atoms with van der Waals surface area (Å²) in [4.78, 5) is 31.0. The van der Waals surface area contributed by atoms with Crippen molar-refractivity contribution in [1.29, 1.82) is 0 Å². The number of carbonyl (C=O) groups is 3. The van der Waals surface area contributed by atoms with Crippen LogP contribution < -0.4 is 16.6 Å². The van der Waals surface area contributed by atoms with Gasteiger partial charge in [0, 0.05) is 24.5 Å². The Morgan fingerprint density at radius 1 is 0.897 bits per heavy atom. The molecule has 174 valence electrons. The molecule has 0 aliphatic heterocycles. The van der Waals surface area contributed by atoms with Crippen molar-refractivity contribution in [3.05, 3.63) is 0 Å². The number of hydrogen-bond donors (Lipinski definition) is 3. The predicted octanol–water partition coefficient (Wildman–Crippen LogP) is 0.143. The van der Waals surface area contributed by atoms with E-state index in [0.29, 0.717) is 0 Å². The SMILES string of the molecule is N[C@@H]1CCCC[C@H]1N.O=C([O-])CC(=O)CC(=O)C(F)(F)C(F)(F)C(F)(F)F.[OH][Pt+]. The molecular formula is C14H19F7N2O5Pt. The third-order valence-electron chi connectivity index (χ3n) is 3.67. The van der Waals surface area contributed by atoms with Crippen LogP contribution in [0.5, 0.6) is 0 Å². The third-order valence-corrected chi connectivity index (χ3v) is 3.67. The van der Waals surface area contributed by atoms with Crippen LogP contribution in [-0.4, -0.2) is 51.4 Å². The van der Waals surface area contributed by atoms with Crippen molar-refractivity contribution in [3.8, 4) is 0 Å². The Hall–Kier alpha value is -1.11. The molecular weight excluding hydrogens is 604 g/mol. The van der Waals surface area contributed by atoms with E-state index < -0.39 is 48.4 Å². The molecule has 15 heteroatoms.